The van der Waals surface area contributed by atoms with Crippen molar-refractivity contribution >= 4 is 27.5 Å². The molecule has 3 aliphatic rings. The molecule has 2 aliphatic heterocycles. The summed E-state index contributed by atoms with van der Waals surface area (Å²) in [6.07, 6.45) is 5.51. The molecule has 2 heterocycles. The van der Waals surface area contributed by atoms with E-state index in [0.29, 0.717) is 18.1 Å². The topological polar surface area (TPSA) is 88.1 Å². The Balaban J connectivity index is 1.46. The zero-order valence-electron chi connectivity index (χ0n) is 16.1. The number of hydrogen-bond donors (Lipinski definition) is 1. The molecule has 1 atom stereocenters. The molecule has 0 spiro atoms. The maximum absolute atomic E-state index is 13.0. The zero-order valence-corrected chi connectivity index (χ0v) is 17.0. The highest BCUT2D eigenvalue weighted by atomic mass is 32.2. The molecule has 1 saturated carbocycles. The summed E-state index contributed by atoms with van der Waals surface area (Å²) in [7, 11) is -1.97. The van der Waals surface area contributed by atoms with E-state index in [1.54, 1.807) is 31.4 Å². The highest BCUT2D eigenvalue weighted by molar-refractivity contribution is 7.90. The fourth-order valence-electron chi connectivity index (χ4n) is 4.52. The van der Waals surface area contributed by atoms with Crippen molar-refractivity contribution in [2.45, 2.75) is 49.5 Å². The first-order chi connectivity index (χ1) is 13.5. The average Bonchev–Trinajstić information content (AvgIpc) is 2.73. The molecule has 1 N–H and O–H groups in total. The summed E-state index contributed by atoms with van der Waals surface area (Å²) >= 11 is 0. The van der Waals surface area contributed by atoms with Gasteiger partial charge in [-0.2, -0.15) is 8.42 Å². The number of benzene rings is 1. The second kappa shape index (κ2) is 7.83. The summed E-state index contributed by atoms with van der Waals surface area (Å²) in [6.45, 7) is 1.25. The third kappa shape index (κ3) is 3.80. The maximum Gasteiger partial charge on any atom is 0.286 e. The summed E-state index contributed by atoms with van der Waals surface area (Å²) in [4.78, 5) is 15.1. The Morgan fingerprint density at radius 2 is 1.93 bits per heavy atom. The van der Waals surface area contributed by atoms with Crippen LogP contribution in [-0.4, -0.2) is 51.4 Å². The first kappa shape index (κ1) is 19.4. The van der Waals surface area contributed by atoms with Crippen LogP contribution in [0.4, 0.5) is 5.69 Å². The molecule has 8 heteroatoms. The molecule has 152 valence electrons. The largest absolute Gasteiger partial charge is 0.381 e. The molecular weight excluding hydrogens is 378 g/mol. The van der Waals surface area contributed by atoms with Crippen LogP contribution in [0.1, 0.15) is 38.5 Å². The Morgan fingerprint density at radius 1 is 1.18 bits per heavy atom. The summed E-state index contributed by atoms with van der Waals surface area (Å²) in [5.74, 6) is 0.616. The number of para-hydroxylation sites is 1. The predicted octanol–water partition coefficient (Wildman–Crippen LogP) is 2.64. The number of rotatable bonds is 3. The number of likely N-dealkylation sites (tertiary alicyclic amines) is 1. The molecule has 1 saturated heterocycles. The number of anilines is 1. The molecule has 7 nitrogen and oxygen atoms in total. The van der Waals surface area contributed by atoms with Gasteiger partial charge in [0.1, 0.15) is 10.7 Å². The lowest BCUT2D eigenvalue weighted by Gasteiger charge is -2.37. The lowest BCUT2D eigenvalue weighted by molar-refractivity contribution is -0.138. The predicted molar refractivity (Wildman–Crippen MR) is 107 cm³/mol. The van der Waals surface area contributed by atoms with Gasteiger partial charge < -0.3 is 15.0 Å². The van der Waals surface area contributed by atoms with Gasteiger partial charge in [0, 0.05) is 32.0 Å². The number of amides is 1. The van der Waals surface area contributed by atoms with E-state index in [1.807, 2.05) is 4.90 Å². The van der Waals surface area contributed by atoms with Gasteiger partial charge in [-0.25, -0.2) is 0 Å². The number of fused-ring (bicyclic) bond motifs is 1. The van der Waals surface area contributed by atoms with E-state index in [9.17, 15) is 13.2 Å². The van der Waals surface area contributed by atoms with Crippen LogP contribution in [0.3, 0.4) is 0 Å². The van der Waals surface area contributed by atoms with Crippen LogP contribution in [0.5, 0.6) is 0 Å². The molecular formula is C20H27N3O4S. The third-order valence-corrected chi connectivity index (χ3v) is 7.47. The summed E-state index contributed by atoms with van der Waals surface area (Å²) in [5.41, 5.74) is 0.564. The Hall–Kier alpha value is -1.93. The summed E-state index contributed by atoms with van der Waals surface area (Å²) in [6, 6.07) is 6.81. The van der Waals surface area contributed by atoms with Gasteiger partial charge in [-0.1, -0.05) is 12.1 Å². The number of carbonyl (C=O) groups excluding carboxylic acids is 1. The minimum atomic E-state index is -3.70. The van der Waals surface area contributed by atoms with E-state index >= 15 is 0 Å². The van der Waals surface area contributed by atoms with Crippen molar-refractivity contribution in [1.82, 2.24) is 4.90 Å². The quantitative estimate of drug-likeness (QED) is 0.835. The number of methoxy groups -OCH3 is 1. The van der Waals surface area contributed by atoms with Crippen LogP contribution in [0, 0.1) is 11.8 Å². The number of amidine groups is 1. The van der Waals surface area contributed by atoms with Gasteiger partial charge >= 0.3 is 0 Å². The monoisotopic (exact) mass is 405 g/mol. The van der Waals surface area contributed by atoms with Crippen LogP contribution in [0.15, 0.2) is 33.6 Å². The number of piperidine rings is 1. The molecule has 1 aliphatic carbocycles. The van der Waals surface area contributed by atoms with Gasteiger partial charge in [0.25, 0.3) is 10.0 Å². The van der Waals surface area contributed by atoms with E-state index in [0.717, 1.165) is 45.1 Å². The van der Waals surface area contributed by atoms with Gasteiger partial charge in [-0.05, 0) is 50.7 Å². The van der Waals surface area contributed by atoms with Crippen LogP contribution in [-0.2, 0) is 19.6 Å². The van der Waals surface area contributed by atoms with Crippen LogP contribution >= 0.6 is 0 Å². The average molecular weight is 406 g/mol. The standard InChI is InChI=1S/C20H27N3O4S/c1-27-16-10-8-14(9-11-16)20(24)23-12-4-5-15(13-23)19-21-17-6-2-3-7-18(17)28(25,26)22-19/h2-3,6-7,14-16H,4-5,8-13H2,1H3,(H,21,22). The zero-order chi connectivity index (χ0) is 19.7. The lowest BCUT2D eigenvalue weighted by atomic mass is 9.85. The number of ether oxygens (including phenoxy) is 1. The highest BCUT2D eigenvalue weighted by Crippen LogP contribution is 2.32. The number of nitrogens with zero attached hydrogens (tertiary/aromatic N) is 2. The summed E-state index contributed by atoms with van der Waals surface area (Å²) in [5, 5.41) is 3.19. The molecule has 0 aromatic heterocycles. The summed E-state index contributed by atoms with van der Waals surface area (Å²) < 4.78 is 34.5. The van der Waals surface area contributed by atoms with Crippen molar-refractivity contribution in [3.05, 3.63) is 24.3 Å². The molecule has 1 amide bonds. The lowest BCUT2D eigenvalue weighted by Crippen LogP contribution is -2.47. The number of sulfonamides is 1. The van der Waals surface area contributed by atoms with Crippen LogP contribution < -0.4 is 5.32 Å². The molecule has 1 aromatic rings. The molecule has 28 heavy (non-hydrogen) atoms. The minimum absolute atomic E-state index is 0.0517. The first-order valence-electron chi connectivity index (χ1n) is 10.0. The van der Waals surface area contributed by atoms with E-state index in [1.165, 1.54) is 0 Å². The smallest absolute Gasteiger partial charge is 0.286 e. The fraction of sp³-hybridized carbons (Fsp3) is 0.600. The second-order valence-corrected chi connectivity index (χ2v) is 9.48. The first-order valence-corrected chi connectivity index (χ1v) is 11.4. The van der Waals surface area contributed by atoms with Crippen molar-refractivity contribution in [2.24, 2.45) is 16.2 Å². The second-order valence-electron chi connectivity index (χ2n) is 7.91. The molecule has 0 radical (unpaired) electrons. The van der Waals surface area contributed by atoms with E-state index in [-0.39, 0.29) is 28.7 Å². The number of hydrogen-bond acceptors (Lipinski definition) is 5. The van der Waals surface area contributed by atoms with E-state index in [2.05, 4.69) is 9.71 Å². The number of carbonyl (C=O) groups is 1. The molecule has 1 unspecified atom stereocenters. The van der Waals surface area contributed by atoms with Crippen molar-refractivity contribution in [3.8, 4) is 0 Å². The van der Waals surface area contributed by atoms with Crippen molar-refractivity contribution < 1.29 is 17.9 Å². The van der Waals surface area contributed by atoms with Crippen molar-refractivity contribution in [2.75, 3.05) is 25.5 Å². The highest BCUT2D eigenvalue weighted by Gasteiger charge is 2.35. The van der Waals surface area contributed by atoms with Crippen molar-refractivity contribution in [3.63, 3.8) is 0 Å². The number of nitrogens with one attached hydrogen (secondary N) is 1. The minimum Gasteiger partial charge on any atom is -0.381 e. The third-order valence-electron chi connectivity index (χ3n) is 6.12. The van der Waals surface area contributed by atoms with Crippen LogP contribution in [0.2, 0.25) is 0 Å². The molecule has 0 bridgehead atoms. The van der Waals surface area contributed by atoms with Gasteiger partial charge in [-0.15, -0.1) is 4.40 Å². The Morgan fingerprint density at radius 3 is 2.68 bits per heavy atom. The van der Waals surface area contributed by atoms with Crippen LogP contribution in [0.25, 0.3) is 0 Å². The van der Waals surface area contributed by atoms with Crippen molar-refractivity contribution in [1.29, 1.82) is 0 Å². The molecule has 4 rings (SSSR count). The Bertz CT molecular complexity index is 875. The van der Waals surface area contributed by atoms with Gasteiger partial charge in [-0.3, -0.25) is 4.79 Å². The SMILES string of the molecule is COC1CCC(C(=O)N2CCCC(C3=NS(=O)(=O)c4ccccc4N3)C2)CC1. The Labute approximate surface area is 166 Å². The van der Waals surface area contributed by atoms with Gasteiger partial charge in [0.05, 0.1) is 11.8 Å². The normalized spacial score (nSPS) is 29.4. The van der Waals surface area contributed by atoms with Gasteiger partial charge in [0.2, 0.25) is 5.91 Å². The molecule has 1 aromatic carbocycles. The Kier molecular flexibility index (Phi) is 5.42. The van der Waals surface area contributed by atoms with E-state index < -0.39 is 10.0 Å². The maximum atomic E-state index is 13.0. The van der Waals surface area contributed by atoms with Gasteiger partial charge in [0.15, 0.2) is 0 Å². The van der Waals surface area contributed by atoms with E-state index in [4.69, 9.17) is 4.74 Å². The fourth-order valence-corrected chi connectivity index (χ4v) is 5.71. The molecule has 2 fully saturated rings.